The van der Waals surface area contributed by atoms with Crippen LogP contribution in [-0.2, 0) is 4.74 Å². The molecule has 0 aromatic rings. The van der Waals surface area contributed by atoms with Gasteiger partial charge >= 0.3 is 0 Å². The van der Waals surface area contributed by atoms with Crippen LogP contribution in [0.2, 0.25) is 0 Å². The highest BCUT2D eigenvalue weighted by Crippen LogP contribution is 2.50. The van der Waals surface area contributed by atoms with Crippen molar-refractivity contribution in [3.63, 3.8) is 0 Å². The number of ether oxygens (including phenoxy) is 1. The van der Waals surface area contributed by atoms with Gasteiger partial charge in [-0.1, -0.05) is 27.7 Å². The van der Waals surface area contributed by atoms with Crippen LogP contribution in [0.15, 0.2) is 0 Å². The Morgan fingerprint density at radius 1 is 1.28 bits per heavy atom. The molecule has 1 heterocycles. The lowest BCUT2D eigenvalue weighted by Crippen LogP contribution is -2.73. The second-order valence-electron chi connectivity index (χ2n) is 7.65. The Kier molecular flexibility index (Phi) is 3.54. The van der Waals surface area contributed by atoms with Crippen LogP contribution in [0.5, 0.6) is 0 Å². The maximum Gasteiger partial charge on any atom is 0.0662 e. The lowest BCUT2D eigenvalue weighted by atomic mass is 9.54. The van der Waals surface area contributed by atoms with Gasteiger partial charge in [-0.2, -0.15) is 0 Å². The molecule has 0 bridgehead atoms. The Balaban J connectivity index is 1.94. The minimum absolute atomic E-state index is 0.0761. The van der Waals surface area contributed by atoms with Crippen LogP contribution in [0, 0.1) is 10.8 Å². The quantitative estimate of drug-likeness (QED) is 0.836. The molecule has 1 aliphatic heterocycles. The van der Waals surface area contributed by atoms with E-state index in [1.54, 1.807) is 0 Å². The first kappa shape index (κ1) is 14.3. The summed E-state index contributed by atoms with van der Waals surface area (Å²) in [6.45, 7) is 15.5. The van der Waals surface area contributed by atoms with E-state index in [2.05, 4.69) is 39.5 Å². The summed E-state index contributed by atoms with van der Waals surface area (Å²) in [5.74, 6) is 0. The third kappa shape index (κ3) is 2.33. The molecule has 2 rings (SSSR count). The molecule has 18 heavy (non-hydrogen) atoms. The summed E-state index contributed by atoms with van der Waals surface area (Å²) >= 11 is 0. The molecule has 1 saturated carbocycles. The van der Waals surface area contributed by atoms with Crippen LogP contribution in [0.1, 0.15) is 47.5 Å². The molecule has 0 spiro atoms. The minimum Gasteiger partial charge on any atom is -0.378 e. The van der Waals surface area contributed by atoms with Gasteiger partial charge in [-0.15, -0.1) is 0 Å². The van der Waals surface area contributed by atoms with Crippen molar-refractivity contribution in [2.24, 2.45) is 16.6 Å². The number of likely N-dealkylation sites (tertiary alicyclic amines) is 1. The van der Waals surface area contributed by atoms with Gasteiger partial charge < -0.3 is 15.4 Å². The molecule has 0 aromatic carbocycles. The Morgan fingerprint density at radius 2 is 1.94 bits per heavy atom. The summed E-state index contributed by atoms with van der Waals surface area (Å²) in [7, 11) is 0. The number of nitrogens with zero attached hydrogens (tertiary/aromatic N) is 1. The Hall–Kier alpha value is -0.120. The van der Waals surface area contributed by atoms with E-state index < -0.39 is 0 Å². The molecular formula is C15H30N2O. The van der Waals surface area contributed by atoms with Crippen molar-refractivity contribution in [2.75, 3.05) is 26.2 Å². The molecule has 1 aliphatic carbocycles. The van der Waals surface area contributed by atoms with Crippen molar-refractivity contribution in [1.82, 2.24) is 4.90 Å². The normalized spacial score (nSPS) is 38.7. The topological polar surface area (TPSA) is 38.5 Å². The highest BCUT2D eigenvalue weighted by Gasteiger charge is 2.59. The molecule has 2 unspecified atom stereocenters. The smallest absolute Gasteiger partial charge is 0.0662 e. The first-order valence-electron chi connectivity index (χ1n) is 7.33. The lowest BCUT2D eigenvalue weighted by molar-refractivity contribution is -0.155. The van der Waals surface area contributed by atoms with Crippen molar-refractivity contribution < 1.29 is 4.74 Å². The zero-order valence-corrected chi connectivity index (χ0v) is 12.8. The summed E-state index contributed by atoms with van der Waals surface area (Å²) in [6.07, 6.45) is 2.63. The summed E-state index contributed by atoms with van der Waals surface area (Å²) < 4.78 is 5.80. The van der Waals surface area contributed by atoms with E-state index in [1.807, 2.05) is 0 Å². The van der Waals surface area contributed by atoms with Crippen molar-refractivity contribution in [3.8, 4) is 0 Å². The van der Waals surface area contributed by atoms with Crippen LogP contribution >= 0.6 is 0 Å². The van der Waals surface area contributed by atoms with Crippen LogP contribution < -0.4 is 5.73 Å². The van der Waals surface area contributed by atoms with E-state index in [9.17, 15) is 0 Å². The molecule has 0 amide bonds. The van der Waals surface area contributed by atoms with E-state index in [0.717, 1.165) is 19.6 Å². The zero-order chi connectivity index (χ0) is 13.6. The summed E-state index contributed by atoms with van der Waals surface area (Å²) in [5, 5.41) is 0. The third-order valence-electron chi connectivity index (χ3n) is 5.27. The predicted molar refractivity (Wildman–Crippen MR) is 75.6 cm³/mol. The molecule has 2 N–H and O–H groups in total. The Morgan fingerprint density at radius 3 is 2.39 bits per heavy atom. The van der Waals surface area contributed by atoms with Crippen LogP contribution in [-0.4, -0.2) is 42.8 Å². The van der Waals surface area contributed by atoms with Crippen LogP contribution in [0.25, 0.3) is 0 Å². The van der Waals surface area contributed by atoms with Gasteiger partial charge in [-0.25, -0.2) is 0 Å². The fourth-order valence-corrected chi connectivity index (χ4v) is 3.53. The molecule has 0 aromatic heterocycles. The molecule has 2 atom stereocenters. The highest BCUT2D eigenvalue weighted by molar-refractivity contribution is 5.15. The molecule has 2 fully saturated rings. The standard InChI is InChI=1S/C15H30N2O/c1-6-18-12-9-15(16,14(12,4)5)11-17-8-7-13(2,3)10-17/h12H,6-11,16H2,1-5H3. The highest BCUT2D eigenvalue weighted by atomic mass is 16.5. The van der Waals surface area contributed by atoms with Crippen LogP contribution in [0.4, 0.5) is 0 Å². The Labute approximate surface area is 112 Å². The van der Waals surface area contributed by atoms with E-state index in [0.29, 0.717) is 11.5 Å². The monoisotopic (exact) mass is 254 g/mol. The predicted octanol–water partition coefficient (Wildman–Crippen LogP) is 2.25. The van der Waals surface area contributed by atoms with Gasteiger partial charge in [0, 0.05) is 30.7 Å². The molecular weight excluding hydrogens is 224 g/mol. The maximum absolute atomic E-state index is 6.65. The first-order chi connectivity index (χ1) is 8.20. The van der Waals surface area contributed by atoms with Crippen molar-refractivity contribution in [3.05, 3.63) is 0 Å². The van der Waals surface area contributed by atoms with E-state index >= 15 is 0 Å². The van der Waals surface area contributed by atoms with Gasteiger partial charge in [0.15, 0.2) is 0 Å². The first-order valence-corrected chi connectivity index (χ1v) is 7.33. The number of hydrogen-bond donors (Lipinski definition) is 1. The van der Waals surface area contributed by atoms with Crippen molar-refractivity contribution >= 4 is 0 Å². The molecule has 3 nitrogen and oxygen atoms in total. The lowest BCUT2D eigenvalue weighted by Gasteiger charge is -2.60. The maximum atomic E-state index is 6.65. The molecule has 3 heteroatoms. The largest absolute Gasteiger partial charge is 0.378 e. The third-order valence-corrected chi connectivity index (χ3v) is 5.27. The fourth-order valence-electron chi connectivity index (χ4n) is 3.53. The van der Waals surface area contributed by atoms with E-state index in [1.165, 1.54) is 19.5 Å². The SMILES string of the molecule is CCOC1CC(N)(CN2CCC(C)(C)C2)C1(C)C. The summed E-state index contributed by atoms with van der Waals surface area (Å²) in [4.78, 5) is 2.55. The van der Waals surface area contributed by atoms with Gasteiger partial charge in [0.1, 0.15) is 0 Å². The molecule has 2 aliphatic rings. The fraction of sp³-hybridized carbons (Fsp3) is 1.00. The van der Waals surface area contributed by atoms with Gasteiger partial charge in [0.2, 0.25) is 0 Å². The van der Waals surface area contributed by atoms with Crippen molar-refractivity contribution in [2.45, 2.75) is 59.1 Å². The zero-order valence-electron chi connectivity index (χ0n) is 12.8. The molecule has 1 saturated heterocycles. The molecule has 106 valence electrons. The minimum atomic E-state index is -0.0761. The molecule has 0 radical (unpaired) electrons. The summed E-state index contributed by atoms with van der Waals surface area (Å²) in [6, 6.07) is 0. The summed E-state index contributed by atoms with van der Waals surface area (Å²) in [5.41, 5.74) is 7.13. The number of nitrogens with two attached hydrogens (primary N) is 1. The second kappa shape index (κ2) is 4.46. The number of hydrogen-bond acceptors (Lipinski definition) is 3. The average Bonchev–Trinajstić information content (AvgIpc) is 2.57. The van der Waals surface area contributed by atoms with Crippen LogP contribution in [0.3, 0.4) is 0 Å². The van der Waals surface area contributed by atoms with Gasteiger partial charge in [0.05, 0.1) is 6.10 Å². The van der Waals surface area contributed by atoms with Crippen molar-refractivity contribution in [1.29, 1.82) is 0 Å². The second-order valence-corrected chi connectivity index (χ2v) is 7.65. The van der Waals surface area contributed by atoms with Gasteiger partial charge in [0.25, 0.3) is 0 Å². The van der Waals surface area contributed by atoms with E-state index in [4.69, 9.17) is 10.5 Å². The Bertz CT molecular complexity index is 314. The van der Waals surface area contributed by atoms with E-state index in [-0.39, 0.29) is 11.0 Å². The average molecular weight is 254 g/mol. The number of rotatable bonds is 4. The van der Waals surface area contributed by atoms with Gasteiger partial charge in [-0.3, -0.25) is 0 Å². The van der Waals surface area contributed by atoms with Gasteiger partial charge in [-0.05, 0) is 31.7 Å².